The Hall–Kier alpha value is -2.00. The standard InChI is InChI=1S/C11H17N5O4/c1-20-7-4-9(11(18)19)16(5-7)10(17)8-6-15(3-2-12)14-13-8/h6-7,9H,2-5,12H2,1H3,(H,18,19). The molecule has 3 N–H and O–H groups in total. The number of carbonyl (C=O) groups is 2. The highest BCUT2D eigenvalue weighted by molar-refractivity contribution is 5.95. The number of carboxylic acids is 1. The van der Waals surface area contributed by atoms with Crippen LogP contribution in [0.3, 0.4) is 0 Å². The molecule has 2 rings (SSSR count). The van der Waals surface area contributed by atoms with Crippen molar-refractivity contribution >= 4 is 11.9 Å². The number of carboxylic acid groups (broad SMARTS) is 1. The molecule has 1 aromatic heterocycles. The topological polar surface area (TPSA) is 124 Å². The largest absolute Gasteiger partial charge is 0.480 e. The van der Waals surface area contributed by atoms with Gasteiger partial charge in [0.15, 0.2) is 5.69 Å². The first kappa shape index (κ1) is 14.4. The summed E-state index contributed by atoms with van der Waals surface area (Å²) in [5.74, 6) is -1.51. The summed E-state index contributed by atoms with van der Waals surface area (Å²) >= 11 is 0. The van der Waals surface area contributed by atoms with E-state index in [0.717, 1.165) is 0 Å². The summed E-state index contributed by atoms with van der Waals surface area (Å²) in [6.45, 7) is 1.06. The Morgan fingerprint density at radius 1 is 1.60 bits per heavy atom. The third-order valence-corrected chi connectivity index (χ3v) is 3.26. The smallest absolute Gasteiger partial charge is 0.326 e. The van der Waals surface area contributed by atoms with Gasteiger partial charge in [-0.15, -0.1) is 5.10 Å². The molecule has 110 valence electrons. The second kappa shape index (κ2) is 5.97. The summed E-state index contributed by atoms with van der Waals surface area (Å²) in [5.41, 5.74) is 5.50. The van der Waals surface area contributed by atoms with Crippen LogP contribution in [0.25, 0.3) is 0 Å². The zero-order chi connectivity index (χ0) is 14.7. The minimum Gasteiger partial charge on any atom is -0.480 e. The molecule has 1 aliphatic rings. The van der Waals surface area contributed by atoms with Gasteiger partial charge in [0.05, 0.1) is 18.8 Å². The van der Waals surface area contributed by atoms with E-state index < -0.39 is 17.9 Å². The van der Waals surface area contributed by atoms with Gasteiger partial charge in [0, 0.05) is 26.6 Å². The van der Waals surface area contributed by atoms with Crippen LogP contribution in [0, 0.1) is 0 Å². The normalized spacial score (nSPS) is 22.2. The number of nitrogens with zero attached hydrogens (tertiary/aromatic N) is 4. The molecule has 0 radical (unpaired) electrons. The van der Waals surface area contributed by atoms with Gasteiger partial charge in [-0.1, -0.05) is 5.21 Å². The van der Waals surface area contributed by atoms with E-state index >= 15 is 0 Å². The van der Waals surface area contributed by atoms with E-state index in [1.165, 1.54) is 22.9 Å². The lowest BCUT2D eigenvalue weighted by atomic mass is 10.2. The predicted molar refractivity (Wildman–Crippen MR) is 67.0 cm³/mol. The Balaban J connectivity index is 2.15. The van der Waals surface area contributed by atoms with Crippen molar-refractivity contribution in [3.8, 4) is 0 Å². The maximum Gasteiger partial charge on any atom is 0.326 e. The molecule has 0 aliphatic carbocycles. The molecule has 1 amide bonds. The Morgan fingerprint density at radius 3 is 2.95 bits per heavy atom. The number of hydrogen-bond donors (Lipinski definition) is 2. The van der Waals surface area contributed by atoms with Crippen molar-refractivity contribution in [2.75, 3.05) is 20.2 Å². The molecule has 9 nitrogen and oxygen atoms in total. The van der Waals surface area contributed by atoms with Crippen molar-refractivity contribution in [1.82, 2.24) is 19.9 Å². The Kier molecular flexibility index (Phi) is 4.30. The van der Waals surface area contributed by atoms with E-state index in [1.54, 1.807) is 0 Å². The van der Waals surface area contributed by atoms with Crippen LogP contribution in [-0.2, 0) is 16.1 Å². The highest BCUT2D eigenvalue weighted by Crippen LogP contribution is 2.22. The quantitative estimate of drug-likeness (QED) is 0.677. The van der Waals surface area contributed by atoms with Crippen molar-refractivity contribution in [3.63, 3.8) is 0 Å². The van der Waals surface area contributed by atoms with Gasteiger partial charge in [-0.25, -0.2) is 4.79 Å². The fourth-order valence-electron chi connectivity index (χ4n) is 2.21. The van der Waals surface area contributed by atoms with Crippen molar-refractivity contribution in [2.45, 2.75) is 25.1 Å². The monoisotopic (exact) mass is 283 g/mol. The first-order chi connectivity index (χ1) is 9.56. The van der Waals surface area contributed by atoms with Crippen LogP contribution < -0.4 is 5.73 Å². The van der Waals surface area contributed by atoms with Gasteiger partial charge in [-0.05, 0) is 0 Å². The van der Waals surface area contributed by atoms with Crippen LogP contribution in [0.4, 0.5) is 0 Å². The molecule has 0 aromatic carbocycles. The number of aromatic nitrogens is 3. The van der Waals surface area contributed by atoms with Gasteiger partial charge in [0.1, 0.15) is 6.04 Å². The fourth-order valence-corrected chi connectivity index (χ4v) is 2.21. The molecular formula is C11H17N5O4. The third kappa shape index (κ3) is 2.78. The molecule has 1 aromatic rings. The Morgan fingerprint density at radius 2 is 2.35 bits per heavy atom. The van der Waals surface area contributed by atoms with Gasteiger partial charge in [-0.2, -0.15) is 0 Å². The average Bonchev–Trinajstić information content (AvgIpc) is 3.04. The van der Waals surface area contributed by atoms with E-state index in [9.17, 15) is 14.7 Å². The minimum atomic E-state index is -1.05. The maximum absolute atomic E-state index is 12.3. The molecule has 1 fully saturated rings. The highest BCUT2D eigenvalue weighted by atomic mass is 16.5. The Labute approximate surface area is 115 Å². The van der Waals surface area contributed by atoms with Crippen molar-refractivity contribution in [3.05, 3.63) is 11.9 Å². The number of ether oxygens (including phenoxy) is 1. The number of hydrogen-bond acceptors (Lipinski definition) is 6. The number of rotatable bonds is 5. The van der Waals surface area contributed by atoms with Gasteiger partial charge >= 0.3 is 5.97 Å². The zero-order valence-corrected chi connectivity index (χ0v) is 11.1. The number of methoxy groups -OCH3 is 1. The summed E-state index contributed by atoms with van der Waals surface area (Å²) < 4.78 is 6.59. The van der Waals surface area contributed by atoms with E-state index in [-0.39, 0.29) is 24.8 Å². The molecule has 1 saturated heterocycles. The molecule has 0 spiro atoms. The zero-order valence-electron chi connectivity index (χ0n) is 11.1. The summed E-state index contributed by atoms with van der Waals surface area (Å²) in [4.78, 5) is 24.8. The predicted octanol–water partition coefficient (Wildman–Crippen LogP) is -1.45. The van der Waals surface area contributed by atoms with Crippen LogP contribution in [0.1, 0.15) is 16.9 Å². The summed E-state index contributed by atoms with van der Waals surface area (Å²) in [6.07, 6.45) is 1.46. The molecule has 2 heterocycles. The number of aliphatic carboxylic acids is 1. The van der Waals surface area contributed by atoms with Gasteiger partial charge < -0.3 is 20.5 Å². The molecule has 0 saturated carbocycles. The number of amides is 1. The maximum atomic E-state index is 12.3. The van der Waals surface area contributed by atoms with E-state index in [2.05, 4.69) is 10.3 Å². The van der Waals surface area contributed by atoms with Crippen LogP contribution in [0.5, 0.6) is 0 Å². The molecule has 0 bridgehead atoms. The fraction of sp³-hybridized carbons (Fsp3) is 0.636. The molecule has 2 atom stereocenters. The second-order valence-electron chi connectivity index (χ2n) is 4.56. The van der Waals surface area contributed by atoms with Crippen LogP contribution in [0.2, 0.25) is 0 Å². The van der Waals surface area contributed by atoms with Crippen molar-refractivity contribution in [2.24, 2.45) is 5.73 Å². The van der Waals surface area contributed by atoms with Gasteiger partial charge in [-0.3, -0.25) is 9.48 Å². The highest BCUT2D eigenvalue weighted by Gasteiger charge is 2.40. The number of nitrogens with two attached hydrogens (primary N) is 1. The number of carbonyl (C=O) groups excluding carboxylic acids is 1. The van der Waals surface area contributed by atoms with E-state index in [0.29, 0.717) is 13.1 Å². The third-order valence-electron chi connectivity index (χ3n) is 3.26. The second-order valence-corrected chi connectivity index (χ2v) is 4.56. The lowest BCUT2D eigenvalue weighted by molar-refractivity contribution is -0.141. The summed E-state index contributed by atoms with van der Waals surface area (Å²) in [5, 5.41) is 16.7. The van der Waals surface area contributed by atoms with Crippen molar-refractivity contribution in [1.29, 1.82) is 0 Å². The van der Waals surface area contributed by atoms with E-state index in [4.69, 9.17) is 10.5 Å². The summed E-state index contributed by atoms with van der Waals surface area (Å²) in [6, 6.07) is -0.896. The lowest BCUT2D eigenvalue weighted by Gasteiger charge is -2.19. The van der Waals surface area contributed by atoms with Crippen molar-refractivity contribution < 1.29 is 19.4 Å². The average molecular weight is 283 g/mol. The molecule has 9 heteroatoms. The molecule has 20 heavy (non-hydrogen) atoms. The van der Waals surface area contributed by atoms with Crippen LogP contribution in [-0.4, -0.2) is 69.2 Å². The van der Waals surface area contributed by atoms with E-state index in [1.807, 2.05) is 0 Å². The summed E-state index contributed by atoms with van der Waals surface area (Å²) in [7, 11) is 1.50. The molecular weight excluding hydrogens is 266 g/mol. The van der Waals surface area contributed by atoms with Crippen LogP contribution >= 0.6 is 0 Å². The minimum absolute atomic E-state index is 0.112. The Bertz CT molecular complexity index is 503. The first-order valence-electron chi connectivity index (χ1n) is 6.23. The van der Waals surface area contributed by atoms with Gasteiger partial charge in [0.2, 0.25) is 0 Å². The lowest BCUT2D eigenvalue weighted by Crippen LogP contribution is -2.40. The van der Waals surface area contributed by atoms with Gasteiger partial charge in [0.25, 0.3) is 5.91 Å². The number of likely N-dealkylation sites (tertiary alicyclic amines) is 1. The first-order valence-corrected chi connectivity index (χ1v) is 6.23. The molecule has 2 unspecified atom stereocenters. The SMILES string of the molecule is COC1CC(C(=O)O)N(C(=O)c2cn(CCN)nn2)C1. The molecule has 1 aliphatic heterocycles. The van der Waals surface area contributed by atoms with Crippen LogP contribution in [0.15, 0.2) is 6.20 Å².